The third-order valence-corrected chi connectivity index (χ3v) is 2.66. The quantitative estimate of drug-likeness (QED) is 0.636. The molecule has 10 heteroatoms. The largest absolute Gasteiger partial charge is 0.466 e. The molecular formula is C9H13ClN4O4S. The van der Waals surface area contributed by atoms with Crippen molar-refractivity contribution in [1.82, 2.24) is 20.0 Å². The molecule has 1 aromatic rings. The summed E-state index contributed by atoms with van der Waals surface area (Å²) in [5, 5.41) is 2.63. The lowest BCUT2D eigenvalue weighted by Gasteiger charge is -2.06. The molecule has 0 aliphatic heterocycles. The summed E-state index contributed by atoms with van der Waals surface area (Å²) in [6, 6.07) is 0. The van der Waals surface area contributed by atoms with Crippen LogP contribution in [0.1, 0.15) is 0 Å². The van der Waals surface area contributed by atoms with Gasteiger partial charge in [-0.1, -0.05) is 11.6 Å². The molecule has 2 N–H and O–H groups in total. The maximum absolute atomic E-state index is 11.3. The van der Waals surface area contributed by atoms with E-state index in [1.807, 2.05) is 0 Å². The van der Waals surface area contributed by atoms with Crippen LogP contribution >= 0.6 is 11.6 Å². The maximum atomic E-state index is 11.3. The number of sulfonamides is 1. The van der Waals surface area contributed by atoms with Crippen molar-refractivity contribution in [2.24, 2.45) is 0 Å². The van der Waals surface area contributed by atoms with Crippen LogP contribution in [0, 0.1) is 0 Å². The molecule has 0 aromatic carbocycles. The molecule has 19 heavy (non-hydrogen) atoms. The molecule has 0 unspecified atom stereocenters. The van der Waals surface area contributed by atoms with Gasteiger partial charge in [-0.25, -0.2) is 13.1 Å². The predicted octanol–water partition coefficient (Wildman–Crippen LogP) is -0.826. The summed E-state index contributed by atoms with van der Waals surface area (Å²) in [6.07, 6.45) is 3.70. The lowest BCUT2D eigenvalue weighted by Crippen LogP contribution is -2.36. The number of halogens is 1. The van der Waals surface area contributed by atoms with Gasteiger partial charge in [0, 0.05) is 13.1 Å². The zero-order chi connectivity index (χ0) is 14.3. The summed E-state index contributed by atoms with van der Waals surface area (Å²) in [4.78, 5) is 18.9. The van der Waals surface area contributed by atoms with Crippen molar-refractivity contribution in [3.05, 3.63) is 17.5 Å². The number of carbonyl (C=O) groups excluding carboxylic acids is 1. The summed E-state index contributed by atoms with van der Waals surface area (Å²) in [6.45, 7) is 0.0198. The van der Waals surface area contributed by atoms with E-state index in [1.54, 1.807) is 0 Å². The fourth-order valence-corrected chi connectivity index (χ4v) is 1.64. The minimum atomic E-state index is -3.25. The lowest BCUT2D eigenvalue weighted by atomic mass is 10.5. The first-order chi connectivity index (χ1) is 8.87. The van der Waals surface area contributed by atoms with Crippen LogP contribution in [0.25, 0.3) is 0 Å². The number of ether oxygens (including phenoxy) is 1. The summed E-state index contributed by atoms with van der Waals surface area (Å²) in [5.41, 5.74) is 0. The molecule has 0 saturated carbocycles. The molecule has 1 heterocycles. The molecule has 0 bridgehead atoms. The Morgan fingerprint density at radius 1 is 1.42 bits per heavy atom. The number of hydrogen-bond acceptors (Lipinski definition) is 6. The van der Waals surface area contributed by atoms with Crippen LogP contribution in [0.5, 0.6) is 5.88 Å². The Morgan fingerprint density at radius 2 is 2.16 bits per heavy atom. The number of amides is 1. The highest BCUT2D eigenvalue weighted by Crippen LogP contribution is 2.08. The topological polar surface area (TPSA) is 110 Å². The third-order valence-electron chi connectivity index (χ3n) is 1.75. The van der Waals surface area contributed by atoms with Crippen LogP contribution in [0.15, 0.2) is 12.4 Å². The first-order valence-electron chi connectivity index (χ1n) is 5.18. The van der Waals surface area contributed by atoms with E-state index in [1.165, 1.54) is 12.4 Å². The van der Waals surface area contributed by atoms with E-state index in [4.69, 9.17) is 16.3 Å². The molecular weight excluding hydrogens is 296 g/mol. The molecule has 1 amide bonds. The van der Waals surface area contributed by atoms with Crippen molar-refractivity contribution in [3.8, 4) is 5.88 Å². The molecule has 0 aliphatic rings. The highest BCUT2D eigenvalue weighted by molar-refractivity contribution is 7.88. The molecule has 0 aliphatic carbocycles. The van der Waals surface area contributed by atoms with E-state index >= 15 is 0 Å². The minimum absolute atomic E-state index is 0.113. The van der Waals surface area contributed by atoms with Crippen molar-refractivity contribution >= 4 is 27.5 Å². The first kappa shape index (κ1) is 15.6. The second-order valence-corrected chi connectivity index (χ2v) is 5.71. The predicted molar refractivity (Wildman–Crippen MR) is 68.4 cm³/mol. The maximum Gasteiger partial charge on any atom is 0.258 e. The van der Waals surface area contributed by atoms with Gasteiger partial charge in [0.1, 0.15) is 0 Å². The van der Waals surface area contributed by atoms with Gasteiger partial charge in [-0.2, -0.15) is 4.98 Å². The van der Waals surface area contributed by atoms with Gasteiger partial charge in [-0.05, 0) is 0 Å². The normalized spacial score (nSPS) is 11.1. The van der Waals surface area contributed by atoms with Gasteiger partial charge in [0.25, 0.3) is 5.91 Å². The van der Waals surface area contributed by atoms with Crippen molar-refractivity contribution in [2.75, 3.05) is 26.0 Å². The third kappa shape index (κ3) is 7.54. The second-order valence-electron chi connectivity index (χ2n) is 3.49. The molecule has 0 spiro atoms. The van der Waals surface area contributed by atoms with Gasteiger partial charge in [-0.3, -0.25) is 9.78 Å². The van der Waals surface area contributed by atoms with Crippen molar-refractivity contribution in [2.45, 2.75) is 0 Å². The standard InChI is InChI=1S/C9H13ClN4O4S/c1-19(16,17)13-3-2-12-8(15)6-18-9-5-11-4-7(10)14-9/h4-5,13H,2-3,6H2,1H3,(H,12,15). The molecule has 0 fully saturated rings. The van der Waals surface area contributed by atoms with E-state index < -0.39 is 15.9 Å². The van der Waals surface area contributed by atoms with Crippen molar-refractivity contribution in [3.63, 3.8) is 0 Å². The van der Waals surface area contributed by atoms with Crippen molar-refractivity contribution in [1.29, 1.82) is 0 Å². The van der Waals surface area contributed by atoms with Gasteiger partial charge in [0.05, 0.1) is 18.6 Å². The molecule has 0 saturated heterocycles. The molecule has 1 aromatic heterocycles. The van der Waals surface area contributed by atoms with Crippen LogP contribution in [0.2, 0.25) is 5.15 Å². The van der Waals surface area contributed by atoms with Crippen LogP contribution in [0.4, 0.5) is 0 Å². The molecule has 0 radical (unpaired) electrons. The van der Waals surface area contributed by atoms with E-state index in [-0.39, 0.29) is 30.7 Å². The Hall–Kier alpha value is -1.45. The van der Waals surface area contributed by atoms with Crippen LogP contribution in [-0.2, 0) is 14.8 Å². The Morgan fingerprint density at radius 3 is 2.79 bits per heavy atom. The number of rotatable bonds is 7. The first-order valence-corrected chi connectivity index (χ1v) is 7.45. The van der Waals surface area contributed by atoms with Crippen LogP contribution in [0.3, 0.4) is 0 Å². The van der Waals surface area contributed by atoms with Crippen molar-refractivity contribution < 1.29 is 17.9 Å². The smallest absolute Gasteiger partial charge is 0.258 e. The van der Waals surface area contributed by atoms with Gasteiger partial charge < -0.3 is 10.1 Å². The number of aromatic nitrogens is 2. The second kappa shape index (κ2) is 7.22. The highest BCUT2D eigenvalue weighted by atomic mass is 35.5. The SMILES string of the molecule is CS(=O)(=O)NCCNC(=O)COc1cncc(Cl)n1. The number of carbonyl (C=O) groups is 1. The summed E-state index contributed by atoms with van der Waals surface area (Å²) in [7, 11) is -3.25. The van der Waals surface area contributed by atoms with Crippen LogP contribution in [-0.4, -0.2) is 50.2 Å². The molecule has 8 nitrogen and oxygen atoms in total. The summed E-state index contributed by atoms with van der Waals surface area (Å²) < 4.78 is 28.8. The van der Waals surface area contributed by atoms with E-state index in [2.05, 4.69) is 20.0 Å². The monoisotopic (exact) mass is 308 g/mol. The van der Waals surface area contributed by atoms with E-state index in [0.29, 0.717) is 0 Å². The van der Waals surface area contributed by atoms with E-state index in [9.17, 15) is 13.2 Å². The zero-order valence-electron chi connectivity index (χ0n) is 10.1. The lowest BCUT2D eigenvalue weighted by molar-refractivity contribution is -0.123. The molecule has 0 atom stereocenters. The zero-order valence-corrected chi connectivity index (χ0v) is 11.7. The highest BCUT2D eigenvalue weighted by Gasteiger charge is 2.05. The molecule has 1 rings (SSSR count). The summed E-state index contributed by atoms with van der Waals surface area (Å²) >= 11 is 5.59. The number of nitrogens with zero attached hydrogens (tertiary/aromatic N) is 2. The molecule has 106 valence electrons. The number of nitrogens with one attached hydrogen (secondary N) is 2. The average molecular weight is 309 g/mol. The number of hydrogen-bond donors (Lipinski definition) is 2. The van der Waals surface area contributed by atoms with Gasteiger partial charge in [0.2, 0.25) is 15.9 Å². The van der Waals surface area contributed by atoms with E-state index in [0.717, 1.165) is 6.26 Å². The van der Waals surface area contributed by atoms with Gasteiger partial charge in [-0.15, -0.1) is 0 Å². The van der Waals surface area contributed by atoms with Gasteiger partial charge >= 0.3 is 0 Å². The summed E-state index contributed by atoms with van der Waals surface area (Å²) in [5.74, 6) is -0.269. The average Bonchev–Trinajstić information content (AvgIpc) is 2.31. The fraction of sp³-hybridized carbons (Fsp3) is 0.444. The van der Waals surface area contributed by atoms with Crippen LogP contribution < -0.4 is 14.8 Å². The fourth-order valence-electron chi connectivity index (χ4n) is 1.02. The Bertz CT molecular complexity index is 537. The Balaban J connectivity index is 2.21. The van der Waals surface area contributed by atoms with Gasteiger partial charge in [0.15, 0.2) is 11.8 Å². The Labute approximate surface area is 115 Å². The Kier molecular flexibility index (Phi) is 5.93. The minimum Gasteiger partial charge on any atom is -0.466 e.